The van der Waals surface area contributed by atoms with Gasteiger partial charge in [-0.25, -0.2) is 0 Å². The van der Waals surface area contributed by atoms with Crippen molar-refractivity contribution in [2.75, 3.05) is 0 Å². The lowest BCUT2D eigenvalue weighted by molar-refractivity contribution is -0.288. The van der Waals surface area contributed by atoms with Gasteiger partial charge in [-0.1, -0.05) is 60.7 Å². The molecule has 47 heavy (non-hydrogen) atoms. The van der Waals surface area contributed by atoms with Crippen molar-refractivity contribution in [1.82, 2.24) is 19.1 Å². The number of fused-ring (bicyclic) bond motifs is 6. The van der Waals surface area contributed by atoms with Crippen LogP contribution in [0.5, 0.6) is 0 Å². The molecule has 0 saturated carbocycles. The van der Waals surface area contributed by atoms with Gasteiger partial charge in [-0.3, -0.25) is 9.97 Å². The number of para-hydroxylation sites is 2. The zero-order valence-electron chi connectivity index (χ0n) is 24.3. The highest BCUT2D eigenvalue weighted by Crippen LogP contribution is 2.56. The minimum Gasteiger partial charge on any atom is -0.308 e. The number of nitrogens with zero attached hydrogens (tertiary/aromatic N) is 4. The van der Waals surface area contributed by atoms with Crippen LogP contribution in [0.3, 0.4) is 0 Å². The van der Waals surface area contributed by atoms with E-state index >= 15 is 26.3 Å². The van der Waals surface area contributed by atoms with E-state index in [1.807, 2.05) is 60.7 Å². The summed E-state index contributed by atoms with van der Waals surface area (Å²) in [5.74, 6) is 0. The largest absolute Gasteiger partial charge is 0.411 e. The molecule has 0 bridgehead atoms. The average molecular weight is 637 g/mol. The van der Waals surface area contributed by atoms with Crippen molar-refractivity contribution in [1.29, 1.82) is 0 Å². The first-order valence-corrected chi connectivity index (χ1v) is 14.6. The van der Waals surface area contributed by atoms with Gasteiger partial charge in [0.1, 0.15) is 0 Å². The second-order valence-corrected chi connectivity index (χ2v) is 11.3. The highest BCUT2D eigenvalue weighted by atomic mass is 19.4. The van der Waals surface area contributed by atoms with Crippen LogP contribution in [0.2, 0.25) is 0 Å². The van der Waals surface area contributed by atoms with E-state index in [-0.39, 0.29) is 0 Å². The first-order chi connectivity index (χ1) is 22.6. The van der Waals surface area contributed by atoms with Gasteiger partial charge in [-0.15, -0.1) is 0 Å². The number of aromatic nitrogens is 4. The molecule has 0 aliphatic heterocycles. The van der Waals surface area contributed by atoms with E-state index in [9.17, 15) is 0 Å². The van der Waals surface area contributed by atoms with E-state index in [1.165, 1.54) is 24.3 Å². The summed E-state index contributed by atoms with van der Waals surface area (Å²) in [6.07, 6.45) is -4.94. The first-order valence-electron chi connectivity index (χ1n) is 14.6. The molecule has 0 radical (unpaired) electrons. The van der Waals surface area contributed by atoms with Crippen LogP contribution < -0.4 is 0 Å². The van der Waals surface area contributed by atoms with Crippen molar-refractivity contribution in [3.05, 3.63) is 145 Å². The molecule has 0 amide bonds. The Labute approximate surface area is 263 Å². The van der Waals surface area contributed by atoms with Gasteiger partial charge >= 0.3 is 12.4 Å². The SMILES string of the molecule is FC(F)(F)C(c1ccc(-n2c3ccccc3c3ccncc32)cc1)(c1ccc(-n2c3ccccc3c3ccncc32)cc1)C(F)(F)F. The van der Waals surface area contributed by atoms with Gasteiger partial charge in [-0.2, -0.15) is 26.3 Å². The average Bonchev–Trinajstić information content (AvgIpc) is 3.58. The Hall–Kier alpha value is -5.64. The summed E-state index contributed by atoms with van der Waals surface area (Å²) in [6, 6.07) is 27.3. The zero-order valence-corrected chi connectivity index (χ0v) is 24.3. The van der Waals surface area contributed by atoms with E-state index < -0.39 is 28.9 Å². The molecule has 4 aromatic heterocycles. The third kappa shape index (κ3) is 4.10. The quantitative estimate of drug-likeness (QED) is 0.180. The maximum absolute atomic E-state index is 15.1. The molecular formula is C37H22F6N4. The number of hydrogen-bond acceptors (Lipinski definition) is 2. The number of benzene rings is 4. The van der Waals surface area contributed by atoms with Gasteiger partial charge in [0.2, 0.25) is 5.41 Å². The summed E-state index contributed by atoms with van der Waals surface area (Å²) >= 11 is 0. The summed E-state index contributed by atoms with van der Waals surface area (Å²) in [4.78, 5) is 8.38. The van der Waals surface area contributed by atoms with Crippen LogP contribution in [0, 0.1) is 0 Å². The van der Waals surface area contributed by atoms with Gasteiger partial charge < -0.3 is 9.13 Å². The van der Waals surface area contributed by atoms with Crippen LogP contribution in [0.15, 0.2) is 134 Å². The summed E-state index contributed by atoms with van der Waals surface area (Å²) in [5.41, 5.74) is -2.51. The second-order valence-electron chi connectivity index (χ2n) is 11.3. The predicted octanol–water partition coefficient (Wildman–Crippen LogP) is 10.1. The minimum atomic E-state index is -5.72. The fourth-order valence-corrected chi connectivity index (χ4v) is 6.90. The predicted molar refractivity (Wildman–Crippen MR) is 170 cm³/mol. The maximum atomic E-state index is 15.1. The topological polar surface area (TPSA) is 35.6 Å². The summed E-state index contributed by atoms with van der Waals surface area (Å²) in [5, 5.41) is 3.48. The molecule has 4 heterocycles. The molecule has 8 aromatic rings. The molecule has 8 rings (SSSR count). The molecule has 232 valence electrons. The fourth-order valence-electron chi connectivity index (χ4n) is 6.90. The molecule has 0 unspecified atom stereocenters. The molecule has 0 N–H and O–H groups in total. The maximum Gasteiger partial charge on any atom is 0.411 e. The molecule has 10 heteroatoms. The van der Waals surface area contributed by atoms with Gasteiger partial charge in [-0.05, 0) is 59.7 Å². The van der Waals surface area contributed by atoms with Crippen LogP contribution in [0.25, 0.3) is 55.0 Å². The number of rotatable bonds is 4. The minimum absolute atomic E-state index is 0.404. The van der Waals surface area contributed by atoms with Crippen LogP contribution in [0.4, 0.5) is 26.3 Å². The molecule has 4 aromatic carbocycles. The molecule has 0 saturated heterocycles. The lowest BCUT2D eigenvalue weighted by Gasteiger charge is -2.38. The zero-order chi connectivity index (χ0) is 32.6. The standard InChI is InChI=1S/C37H22F6N4/c38-36(39,40)35(37(41,42)43,23-9-13-25(14-10-23)46-31-7-3-1-5-27(31)29-17-19-44-21-33(29)46)24-11-15-26(16-12-24)47-32-8-4-2-6-28(32)30-18-20-45-22-34(30)47/h1-22H. The van der Waals surface area contributed by atoms with E-state index in [2.05, 4.69) is 9.97 Å². The summed E-state index contributed by atoms with van der Waals surface area (Å²) < 4.78 is 94.0. The number of halogens is 6. The molecule has 4 nitrogen and oxygen atoms in total. The number of alkyl halides is 6. The number of hydrogen-bond donors (Lipinski definition) is 0. The van der Waals surface area contributed by atoms with E-state index in [0.717, 1.165) is 56.8 Å². The lowest BCUT2D eigenvalue weighted by Crippen LogP contribution is -2.54. The Balaban J connectivity index is 1.29. The van der Waals surface area contributed by atoms with Crippen molar-refractivity contribution in [2.45, 2.75) is 17.8 Å². The van der Waals surface area contributed by atoms with Gasteiger partial charge in [0.05, 0.1) is 34.5 Å². The second kappa shape index (κ2) is 10.2. The molecule has 0 fully saturated rings. The van der Waals surface area contributed by atoms with Gasteiger partial charge in [0.15, 0.2) is 0 Å². The third-order valence-corrected chi connectivity index (χ3v) is 8.92. The summed E-state index contributed by atoms with van der Waals surface area (Å²) in [7, 11) is 0. The van der Waals surface area contributed by atoms with Crippen LogP contribution in [0.1, 0.15) is 11.1 Å². The van der Waals surface area contributed by atoms with Crippen LogP contribution in [-0.2, 0) is 5.41 Å². The van der Waals surface area contributed by atoms with Crippen molar-refractivity contribution in [2.24, 2.45) is 0 Å². The third-order valence-electron chi connectivity index (χ3n) is 8.92. The Morgan fingerprint density at radius 1 is 0.404 bits per heavy atom. The lowest BCUT2D eigenvalue weighted by atomic mass is 9.73. The highest BCUT2D eigenvalue weighted by molar-refractivity contribution is 6.09. The van der Waals surface area contributed by atoms with Crippen molar-refractivity contribution in [3.8, 4) is 11.4 Å². The molecule has 0 spiro atoms. The van der Waals surface area contributed by atoms with Crippen molar-refractivity contribution < 1.29 is 26.3 Å². The Morgan fingerprint density at radius 2 is 0.766 bits per heavy atom. The summed E-state index contributed by atoms with van der Waals surface area (Å²) in [6.45, 7) is 0. The Kier molecular flexibility index (Phi) is 6.24. The van der Waals surface area contributed by atoms with Gasteiger partial charge in [0.25, 0.3) is 0 Å². The number of pyridine rings is 2. The molecular weight excluding hydrogens is 614 g/mol. The van der Waals surface area contributed by atoms with Crippen LogP contribution >= 0.6 is 0 Å². The Bertz CT molecular complexity index is 2160. The fraction of sp³-hybridized carbons (Fsp3) is 0.0811. The van der Waals surface area contributed by atoms with E-state index in [1.54, 1.807) is 33.9 Å². The Morgan fingerprint density at radius 3 is 1.15 bits per heavy atom. The van der Waals surface area contributed by atoms with Crippen molar-refractivity contribution in [3.63, 3.8) is 0 Å². The smallest absolute Gasteiger partial charge is 0.308 e. The van der Waals surface area contributed by atoms with E-state index in [0.29, 0.717) is 22.4 Å². The van der Waals surface area contributed by atoms with Gasteiger partial charge in [0, 0.05) is 45.3 Å². The monoisotopic (exact) mass is 636 g/mol. The highest BCUT2D eigenvalue weighted by Gasteiger charge is 2.72. The molecule has 0 aliphatic rings. The molecule has 0 atom stereocenters. The molecule has 0 aliphatic carbocycles. The normalized spacial score (nSPS) is 12.9. The first kappa shape index (κ1) is 28.8. The van der Waals surface area contributed by atoms with Crippen molar-refractivity contribution >= 4 is 43.6 Å². The van der Waals surface area contributed by atoms with Crippen LogP contribution in [-0.4, -0.2) is 31.5 Å². The van der Waals surface area contributed by atoms with E-state index in [4.69, 9.17) is 0 Å².